The van der Waals surface area contributed by atoms with E-state index in [-0.39, 0.29) is 18.4 Å². The molecule has 0 amide bonds. The topological polar surface area (TPSA) is 77.8 Å². The van der Waals surface area contributed by atoms with Gasteiger partial charge in [0.05, 0.1) is 24.2 Å². The minimum Gasteiger partial charge on any atom is -0.394 e. The lowest BCUT2D eigenvalue weighted by Gasteiger charge is -2.24. The molecule has 0 aromatic carbocycles. The normalized spacial score (nSPS) is 23.8. The summed E-state index contributed by atoms with van der Waals surface area (Å²) in [6.07, 6.45) is 14.0. The van der Waals surface area contributed by atoms with Crippen molar-refractivity contribution in [1.82, 2.24) is 0 Å². The van der Waals surface area contributed by atoms with E-state index >= 15 is 0 Å². The highest BCUT2D eigenvalue weighted by Gasteiger charge is 2.32. The Morgan fingerprint density at radius 1 is 1.26 bits per heavy atom. The first-order chi connectivity index (χ1) is 13.0. The molecule has 1 saturated carbocycles. The summed E-state index contributed by atoms with van der Waals surface area (Å²) in [6.45, 7) is 1.94. The summed E-state index contributed by atoms with van der Waals surface area (Å²) in [5.41, 5.74) is -0.828. The van der Waals surface area contributed by atoms with E-state index in [1.165, 1.54) is 0 Å². The van der Waals surface area contributed by atoms with Gasteiger partial charge in [-0.2, -0.15) is 0 Å². The summed E-state index contributed by atoms with van der Waals surface area (Å²) in [7, 11) is 0. The standard InChI is InChI=1S/C22H39ClO4/c1-2-3-14-22(27,17-23)15-8-9-18-12-13-21(26)20(18)11-7-5-4-6-10-19(25)16-24/h8-9,18-20,24-25,27H,2-7,10-17H2,1H3/t18-,19?,20+,22?/m0/s1. The van der Waals surface area contributed by atoms with Gasteiger partial charge in [-0.15, -0.1) is 11.6 Å². The predicted molar refractivity (Wildman–Crippen MR) is 111 cm³/mol. The predicted octanol–water partition coefficient (Wildman–Crippen LogP) is 4.38. The number of alkyl halides is 1. The fourth-order valence-electron chi connectivity index (χ4n) is 3.92. The van der Waals surface area contributed by atoms with Crippen molar-refractivity contribution in [2.24, 2.45) is 11.8 Å². The van der Waals surface area contributed by atoms with E-state index in [0.29, 0.717) is 31.0 Å². The van der Waals surface area contributed by atoms with Crippen molar-refractivity contribution in [2.75, 3.05) is 12.5 Å². The Morgan fingerprint density at radius 3 is 2.67 bits per heavy atom. The van der Waals surface area contributed by atoms with Crippen LogP contribution in [0.15, 0.2) is 12.2 Å². The minimum atomic E-state index is -0.828. The van der Waals surface area contributed by atoms with Gasteiger partial charge in [0, 0.05) is 12.3 Å². The molecule has 0 aromatic rings. The third kappa shape index (κ3) is 9.56. The van der Waals surface area contributed by atoms with Crippen molar-refractivity contribution in [1.29, 1.82) is 0 Å². The van der Waals surface area contributed by atoms with Gasteiger partial charge in [-0.1, -0.05) is 57.6 Å². The molecule has 158 valence electrons. The number of Topliss-reactive ketones (excluding diaryl/α,β-unsaturated/α-hetero) is 1. The molecule has 1 fully saturated rings. The molecule has 0 saturated heterocycles. The second-order valence-corrected chi connectivity index (χ2v) is 8.46. The van der Waals surface area contributed by atoms with E-state index in [4.69, 9.17) is 16.7 Å². The van der Waals surface area contributed by atoms with Gasteiger partial charge in [-0.05, 0) is 38.0 Å². The Labute approximate surface area is 170 Å². The molecule has 0 radical (unpaired) electrons. The van der Waals surface area contributed by atoms with Crippen LogP contribution < -0.4 is 0 Å². The van der Waals surface area contributed by atoms with Gasteiger partial charge in [0.2, 0.25) is 0 Å². The van der Waals surface area contributed by atoms with Crippen LogP contribution in [0.2, 0.25) is 0 Å². The first-order valence-electron chi connectivity index (χ1n) is 10.7. The first-order valence-corrected chi connectivity index (χ1v) is 11.3. The molecular weight excluding hydrogens is 364 g/mol. The lowest BCUT2D eigenvalue weighted by molar-refractivity contribution is -0.121. The smallest absolute Gasteiger partial charge is 0.136 e. The summed E-state index contributed by atoms with van der Waals surface area (Å²) in [5, 5.41) is 28.7. The fourth-order valence-corrected chi connectivity index (χ4v) is 4.16. The van der Waals surface area contributed by atoms with Gasteiger partial charge < -0.3 is 15.3 Å². The zero-order chi connectivity index (χ0) is 20.1. The molecule has 4 nitrogen and oxygen atoms in total. The summed E-state index contributed by atoms with van der Waals surface area (Å²) in [6, 6.07) is 0. The monoisotopic (exact) mass is 402 g/mol. The number of halogens is 1. The maximum Gasteiger partial charge on any atom is 0.136 e. The Hall–Kier alpha value is -0.420. The molecule has 4 atom stereocenters. The number of unbranched alkanes of at least 4 members (excludes halogenated alkanes) is 4. The molecule has 0 bridgehead atoms. The van der Waals surface area contributed by atoms with Crippen molar-refractivity contribution in [2.45, 2.75) is 95.7 Å². The van der Waals surface area contributed by atoms with Crippen LogP contribution >= 0.6 is 11.6 Å². The van der Waals surface area contributed by atoms with E-state index in [2.05, 4.69) is 13.0 Å². The van der Waals surface area contributed by atoms with Crippen LogP contribution in [0.25, 0.3) is 0 Å². The average molecular weight is 403 g/mol. The summed E-state index contributed by atoms with van der Waals surface area (Å²) >= 11 is 5.96. The molecule has 1 aliphatic carbocycles. The van der Waals surface area contributed by atoms with E-state index in [0.717, 1.165) is 57.8 Å². The van der Waals surface area contributed by atoms with Crippen LogP contribution in [0.3, 0.4) is 0 Å². The molecule has 1 aliphatic rings. The van der Waals surface area contributed by atoms with Gasteiger partial charge in [0.25, 0.3) is 0 Å². The lowest BCUT2D eigenvalue weighted by atomic mass is 9.88. The number of aliphatic hydroxyl groups excluding tert-OH is 2. The van der Waals surface area contributed by atoms with Crippen molar-refractivity contribution in [3.8, 4) is 0 Å². The second-order valence-electron chi connectivity index (χ2n) is 8.20. The first kappa shape index (κ1) is 24.6. The van der Waals surface area contributed by atoms with Gasteiger partial charge in [-0.3, -0.25) is 4.79 Å². The molecule has 0 heterocycles. The van der Waals surface area contributed by atoms with Crippen molar-refractivity contribution in [3.63, 3.8) is 0 Å². The van der Waals surface area contributed by atoms with Crippen molar-refractivity contribution >= 4 is 17.4 Å². The number of carbonyl (C=O) groups excluding carboxylic acids is 1. The quantitative estimate of drug-likeness (QED) is 0.216. The average Bonchev–Trinajstić information content (AvgIpc) is 3.02. The third-order valence-electron chi connectivity index (χ3n) is 5.79. The summed E-state index contributed by atoms with van der Waals surface area (Å²) < 4.78 is 0. The van der Waals surface area contributed by atoms with E-state index in [1.54, 1.807) is 0 Å². The molecule has 2 unspecified atom stereocenters. The number of allylic oxidation sites excluding steroid dienone is 1. The van der Waals surface area contributed by atoms with Gasteiger partial charge in [0.1, 0.15) is 5.78 Å². The summed E-state index contributed by atoms with van der Waals surface area (Å²) in [5.74, 6) is 1.03. The second kappa shape index (κ2) is 13.7. The number of hydrogen-bond acceptors (Lipinski definition) is 4. The maximum absolute atomic E-state index is 12.2. The number of aliphatic hydroxyl groups is 3. The lowest BCUT2D eigenvalue weighted by Crippen LogP contribution is -2.30. The Morgan fingerprint density at radius 2 is 2.00 bits per heavy atom. The Balaban J connectivity index is 2.36. The molecule has 1 rings (SSSR count). The van der Waals surface area contributed by atoms with Gasteiger partial charge in [-0.25, -0.2) is 0 Å². The molecule has 0 aromatic heterocycles. The highest BCUT2D eigenvalue weighted by molar-refractivity contribution is 6.18. The minimum absolute atomic E-state index is 0.115. The van der Waals surface area contributed by atoms with Gasteiger partial charge in [0.15, 0.2) is 0 Å². The van der Waals surface area contributed by atoms with Crippen LogP contribution in [-0.4, -0.2) is 45.3 Å². The molecule has 3 N–H and O–H groups in total. The maximum atomic E-state index is 12.2. The third-order valence-corrected chi connectivity index (χ3v) is 6.29. The zero-order valence-electron chi connectivity index (χ0n) is 16.9. The van der Waals surface area contributed by atoms with E-state index in [1.807, 2.05) is 6.08 Å². The fraction of sp³-hybridized carbons (Fsp3) is 0.864. The van der Waals surface area contributed by atoms with E-state index in [9.17, 15) is 15.0 Å². The van der Waals surface area contributed by atoms with Crippen molar-refractivity contribution in [3.05, 3.63) is 12.2 Å². The molecular formula is C22H39ClO4. The molecule has 0 spiro atoms. The molecule has 27 heavy (non-hydrogen) atoms. The van der Waals surface area contributed by atoms with Gasteiger partial charge >= 0.3 is 0 Å². The number of carbonyl (C=O) groups is 1. The largest absolute Gasteiger partial charge is 0.394 e. The number of ketones is 1. The zero-order valence-corrected chi connectivity index (χ0v) is 17.7. The number of hydrogen-bond donors (Lipinski definition) is 3. The van der Waals surface area contributed by atoms with Crippen LogP contribution in [0, 0.1) is 11.8 Å². The summed E-state index contributed by atoms with van der Waals surface area (Å²) in [4.78, 5) is 12.2. The Bertz CT molecular complexity index is 440. The molecule has 0 aliphatic heterocycles. The SMILES string of the molecule is CCCCC(O)(CCl)CC=C[C@H]1CCC(=O)[C@@H]1CCCCCCC(O)CO. The Kier molecular flexibility index (Phi) is 12.5. The van der Waals surface area contributed by atoms with Crippen LogP contribution in [0.4, 0.5) is 0 Å². The van der Waals surface area contributed by atoms with Crippen LogP contribution in [0.1, 0.15) is 84.0 Å². The van der Waals surface area contributed by atoms with Crippen LogP contribution in [0.5, 0.6) is 0 Å². The molecule has 5 heteroatoms. The van der Waals surface area contributed by atoms with E-state index < -0.39 is 11.7 Å². The number of rotatable bonds is 15. The highest BCUT2D eigenvalue weighted by Crippen LogP contribution is 2.34. The van der Waals surface area contributed by atoms with Crippen LogP contribution in [-0.2, 0) is 4.79 Å². The van der Waals surface area contributed by atoms with Crippen molar-refractivity contribution < 1.29 is 20.1 Å². The highest BCUT2D eigenvalue weighted by atomic mass is 35.5.